The summed E-state index contributed by atoms with van der Waals surface area (Å²) >= 11 is 1.28. The van der Waals surface area contributed by atoms with Gasteiger partial charge < -0.3 is 9.67 Å². The lowest BCUT2D eigenvalue weighted by Crippen LogP contribution is -2.14. The van der Waals surface area contributed by atoms with Gasteiger partial charge >= 0.3 is 5.97 Å². The first-order valence-electron chi connectivity index (χ1n) is 7.32. The zero-order valence-corrected chi connectivity index (χ0v) is 12.9. The van der Waals surface area contributed by atoms with E-state index in [1.54, 1.807) is 0 Å². The van der Waals surface area contributed by atoms with Gasteiger partial charge in [0.05, 0.1) is 5.75 Å². The predicted octanol–water partition coefficient (Wildman–Crippen LogP) is 3.11. The number of thioether (sulfide) groups is 1. The molecule has 0 atom stereocenters. The summed E-state index contributed by atoms with van der Waals surface area (Å²) in [5.74, 6) is 0.0254. The number of hydrogen-bond acceptors (Lipinski definition) is 4. The van der Waals surface area contributed by atoms with E-state index in [4.69, 9.17) is 5.11 Å². The highest BCUT2D eigenvalue weighted by atomic mass is 32.2. The van der Waals surface area contributed by atoms with Crippen LogP contribution in [0, 0.1) is 12.8 Å². The number of imidazole rings is 1. The molecule has 1 aliphatic carbocycles. The third-order valence-corrected chi connectivity index (χ3v) is 4.97. The molecule has 1 aliphatic rings. The molecule has 0 spiro atoms. The molecule has 2 heterocycles. The van der Waals surface area contributed by atoms with Crippen LogP contribution in [-0.2, 0) is 11.3 Å². The Bertz CT molecular complexity index is 664. The van der Waals surface area contributed by atoms with Crippen LogP contribution in [0.15, 0.2) is 17.3 Å². The molecule has 0 radical (unpaired) electrons. The van der Waals surface area contributed by atoms with Gasteiger partial charge in [0.2, 0.25) is 0 Å². The summed E-state index contributed by atoms with van der Waals surface area (Å²) in [6, 6.07) is 3.90. The number of carbonyl (C=O) groups is 1. The van der Waals surface area contributed by atoms with Crippen LogP contribution in [0.2, 0.25) is 0 Å². The number of hydrogen-bond donors (Lipinski definition) is 1. The second kappa shape index (κ2) is 6.05. The number of aromatic nitrogens is 3. The molecule has 0 aromatic carbocycles. The fourth-order valence-electron chi connectivity index (χ4n) is 2.61. The quantitative estimate of drug-likeness (QED) is 0.831. The maximum atomic E-state index is 10.8. The minimum absolute atomic E-state index is 0.0335. The Morgan fingerprint density at radius 2 is 2.24 bits per heavy atom. The average Bonchev–Trinajstić information content (AvgIpc) is 2.72. The van der Waals surface area contributed by atoms with Crippen molar-refractivity contribution in [3.05, 3.63) is 17.8 Å². The zero-order valence-electron chi connectivity index (χ0n) is 12.1. The normalized spacial score (nSPS) is 15.3. The third kappa shape index (κ3) is 3.20. The Morgan fingerprint density at radius 1 is 1.43 bits per heavy atom. The van der Waals surface area contributed by atoms with E-state index in [2.05, 4.69) is 14.5 Å². The summed E-state index contributed by atoms with van der Waals surface area (Å²) in [5.41, 5.74) is 2.69. The summed E-state index contributed by atoms with van der Waals surface area (Å²) in [6.07, 6.45) is 5.10. The number of carboxylic acids is 1. The van der Waals surface area contributed by atoms with Crippen molar-refractivity contribution in [2.24, 2.45) is 5.92 Å². The number of nitrogens with zero attached hydrogens (tertiary/aromatic N) is 3. The van der Waals surface area contributed by atoms with Gasteiger partial charge in [0.25, 0.3) is 0 Å². The first-order chi connectivity index (χ1) is 10.1. The molecular weight excluding hydrogens is 286 g/mol. The fourth-order valence-corrected chi connectivity index (χ4v) is 3.36. The van der Waals surface area contributed by atoms with E-state index in [0.29, 0.717) is 0 Å². The second-order valence-corrected chi connectivity index (χ2v) is 6.55. The minimum Gasteiger partial charge on any atom is -0.481 e. The number of carboxylic acid groups (broad SMARTS) is 1. The lowest BCUT2D eigenvalue weighted by Gasteiger charge is -2.25. The van der Waals surface area contributed by atoms with Crippen LogP contribution in [0.4, 0.5) is 0 Å². The monoisotopic (exact) mass is 305 g/mol. The second-order valence-electron chi connectivity index (χ2n) is 5.61. The van der Waals surface area contributed by atoms with Gasteiger partial charge in [-0.3, -0.25) is 4.79 Å². The molecule has 112 valence electrons. The van der Waals surface area contributed by atoms with Crippen molar-refractivity contribution in [2.45, 2.75) is 44.3 Å². The highest BCUT2D eigenvalue weighted by Crippen LogP contribution is 2.31. The van der Waals surface area contributed by atoms with Gasteiger partial charge in [0.15, 0.2) is 10.8 Å². The molecule has 21 heavy (non-hydrogen) atoms. The molecule has 0 aliphatic heterocycles. The molecule has 0 saturated heterocycles. The molecule has 2 aromatic heterocycles. The van der Waals surface area contributed by atoms with Crippen molar-refractivity contribution in [3.63, 3.8) is 0 Å². The van der Waals surface area contributed by atoms with Gasteiger partial charge in [-0.1, -0.05) is 31.0 Å². The molecule has 0 bridgehead atoms. The number of fused-ring (bicyclic) bond motifs is 1. The smallest absolute Gasteiger partial charge is 0.313 e. The Kier molecular flexibility index (Phi) is 4.14. The van der Waals surface area contributed by atoms with Gasteiger partial charge in [-0.2, -0.15) is 0 Å². The van der Waals surface area contributed by atoms with Gasteiger partial charge in [-0.25, -0.2) is 9.97 Å². The molecule has 1 saturated carbocycles. The highest BCUT2D eigenvalue weighted by molar-refractivity contribution is 7.99. The van der Waals surface area contributed by atoms with E-state index in [0.717, 1.165) is 40.9 Å². The molecule has 0 unspecified atom stereocenters. The van der Waals surface area contributed by atoms with Crippen LogP contribution >= 0.6 is 11.8 Å². The fraction of sp³-hybridized carbons (Fsp3) is 0.533. The van der Waals surface area contributed by atoms with Crippen molar-refractivity contribution >= 4 is 28.9 Å². The summed E-state index contributed by atoms with van der Waals surface area (Å²) in [6.45, 7) is 2.84. The lowest BCUT2D eigenvalue weighted by atomic mass is 9.83. The molecule has 5 nitrogen and oxygen atoms in total. The van der Waals surface area contributed by atoms with Crippen molar-refractivity contribution < 1.29 is 9.90 Å². The van der Waals surface area contributed by atoms with Crippen LogP contribution < -0.4 is 0 Å². The van der Waals surface area contributed by atoms with Gasteiger partial charge in [0.1, 0.15) is 5.52 Å². The number of pyridine rings is 1. The van der Waals surface area contributed by atoms with Crippen molar-refractivity contribution in [2.75, 3.05) is 5.75 Å². The lowest BCUT2D eigenvalue weighted by molar-refractivity contribution is -0.133. The maximum absolute atomic E-state index is 10.8. The van der Waals surface area contributed by atoms with Gasteiger partial charge in [-0.05, 0) is 31.4 Å². The largest absolute Gasteiger partial charge is 0.481 e. The first kappa shape index (κ1) is 14.4. The SMILES string of the molecule is Cc1ccc2nc(SCC(=O)O)n(CCC3CCC3)c2n1. The minimum atomic E-state index is -0.818. The van der Waals surface area contributed by atoms with E-state index in [1.807, 2.05) is 19.1 Å². The molecular formula is C15H19N3O2S. The number of aryl methyl sites for hydroxylation is 2. The summed E-state index contributed by atoms with van der Waals surface area (Å²) in [4.78, 5) is 19.9. The molecule has 0 amide bonds. The topological polar surface area (TPSA) is 68.0 Å². The van der Waals surface area contributed by atoms with E-state index in [-0.39, 0.29) is 5.75 Å². The van der Waals surface area contributed by atoms with Gasteiger partial charge in [-0.15, -0.1) is 0 Å². The summed E-state index contributed by atoms with van der Waals surface area (Å²) in [5, 5.41) is 9.64. The Morgan fingerprint density at radius 3 is 2.90 bits per heavy atom. The van der Waals surface area contributed by atoms with E-state index < -0.39 is 5.97 Å². The summed E-state index contributed by atoms with van der Waals surface area (Å²) in [7, 11) is 0. The van der Waals surface area contributed by atoms with Gasteiger partial charge in [0, 0.05) is 12.2 Å². The van der Waals surface area contributed by atoms with Crippen LogP contribution in [0.1, 0.15) is 31.4 Å². The summed E-state index contributed by atoms with van der Waals surface area (Å²) < 4.78 is 2.09. The van der Waals surface area contributed by atoms with E-state index >= 15 is 0 Å². The Balaban J connectivity index is 1.88. The van der Waals surface area contributed by atoms with E-state index in [9.17, 15) is 4.79 Å². The van der Waals surface area contributed by atoms with Crippen LogP contribution in [-0.4, -0.2) is 31.4 Å². The van der Waals surface area contributed by atoms with Crippen LogP contribution in [0.5, 0.6) is 0 Å². The number of aliphatic carboxylic acids is 1. The van der Waals surface area contributed by atoms with Crippen molar-refractivity contribution in [3.8, 4) is 0 Å². The first-order valence-corrected chi connectivity index (χ1v) is 8.30. The third-order valence-electron chi connectivity index (χ3n) is 4.01. The molecule has 2 aromatic rings. The molecule has 6 heteroatoms. The maximum Gasteiger partial charge on any atom is 0.313 e. The highest BCUT2D eigenvalue weighted by Gasteiger charge is 2.19. The molecule has 1 N–H and O–H groups in total. The Labute approximate surface area is 127 Å². The predicted molar refractivity (Wildman–Crippen MR) is 82.6 cm³/mol. The van der Waals surface area contributed by atoms with Crippen LogP contribution in [0.25, 0.3) is 11.2 Å². The van der Waals surface area contributed by atoms with Crippen molar-refractivity contribution in [1.82, 2.24) is 14.5 Å². The Hall–Kier alpha value is -1.56. The zero-order chi connectivity index (χ0) is 14.8. The van der Waals surface area contributed by atoms with Crippen molar-refractivity contribution in [1.29, 1.82) is 0 Å². The van der Waals surface area contributed by atoms with E-state index in [1.165, 1.54) is 31.0 Å². The number of rotatable bonds is 6. The average molecular weight is 305 g/mol. The molecule has 3 rings (SSSR count). The van der Waals surface area contributed by atoms with Crippen LogP contribution in [0.3, 0.4) is 0 Å². The molecule has 1 fully saturated rings. The standard InChI is InChI=1S/C15H19N3O2S/c1-10-5-6-12-14(16-10)18(8-7-11-3-2-4-11)15(17-12)21-9-13(19)20/h5-6,11H,2-4,7-9H2,1H3,(H,19,20).